The van der Waals surface area contributed by atoms with Crippen LogP contribution in [0.25, 0.3) is 10.8 Å². The van der Waals surface area contributed by atoms with Gasteiger partial charge in [-0.25, -0.2) is 0 Å². The van der Waals surface area contributed by atoms with E-state index in [9.17, 15) is 5.11 Å². The molecule has 0 aliphatic carbocycles. The molecule has 3 nitrogen and oxygen atoms in total. The molecule has 2 aromatic carbocycles. The smallest absolute Gasteiger partial charge is 0.0922 e. The molecule has 0 bridgehead atoms. The maximum atomic E-state index is 10.5. The van der Waals surface area contributed by atoms with Gasteiger partial charge >= 0.3 is 0 Å². The molecule has 1 aliphatic heterocycles. The van der Waals surface area contributed by atoms with Gasteiger partial charge in [-0.3, -0.25) is 4.90 Å². The predicted octanol–water partition coefficient (Wildman–Crippen LogP) is 2.21. The number of ether oxygens (including phenoxy) is 1. The zero-order chi connectivity index (χ0) is 13.1. The second-order valence-electron chi connectivity index (χ2n) is 5.00. The summed E-state index contributed by atoms with van der Waals surface area (Å²) in [5, 5.41) is 12.8. The Morgan fingerprint density at radius 2 is 1.79 bits per heavy atom. The Morgan fingerprint density at radius 1 is 1.05 bits per heavy atom. The van der Waals surface area contributed by atoms with Gasteiger partial charge in [-0.05, 0) is 16.3 Å². The highest BCUT2D eigenvalue weighted by Crippen LogP contribution is 2.25. The summed E-state index contributed by atoms with van der Waals surface area (Å²) in [5.74, 6) is 0. The van der Waals surface area contributed by atoms with E-state index in [2.05, 4.69) is 23.1 Å². The zero-order valence-electron chi connectivity index (χ0n) is 11.0. The molecule has 1 fully saturated rings. The summed E-state index contributed by atoms with van der Waals surface area (Å²) in [5.41, 5.74) is 1.02. The summed E-state index contributed by atoms with van der Waals surface area (Å²) < 4.78 is 5.33. The molecule has 1 aliphatic rings. The average molecular weight is 257 g/mol. The normalized spacial score (nSPS) is 18.6. The number of rotatable bonds is 3. The molecular weight excluding hydrogens is 238 g/mol. The lowest BCUT2D eigenvalue weighted by molar-refractivity contribution is 0.0146. The Labute approximate surface area is 113 Å². The monoisotopic (exact) mass is 257 g/mol. The Kier molecular flexibility index (Phi) is 3.78. The van der Waals surface area contributed by atoms with Crippen molar-refractivity contribution in [1.29, 1.82) is 0 Å². The van der Waals surface area contributed by atoms with E-state index in [1.807, 2.05) is 24.3 Å². The van der Waals surface area contributed by atoms with Crippen LogP contribution in [-0.2, 0) is 4.74 Å². The molecule has 100 valence electrons. The van der Waals surface area contributed by atoms with Gasteiger partial charge in [0.05, 0.1) is 19.3 Å². The van der Waals surface area contributed by atoms with Gasteiger partial charge in [0.15, 0.2) is 0 Å². The Morgan fingerprint density at radius 3 is 2.63 bits per heavy atom. The van der Waals surface area contributed by atoms with Crippen molar-refractivity contribution < 1.29 is 9.84 Å². The van der Waals surface area contributed by atoms with E-state index in [4.69, 9.17) is 4.74 Å². The van der Waals surface area contributed by atoms with Crippen LogP contribution < -0.4 is 0 Å². The van der Waals surface area contributed by atoms with Crippen molar-refractivity contribution >= 4 is 10.8 Å². The van der Waals surface area contributed by atoms with E-state index in [0.29, 0.717) is 6.54 Å². The Hall–Kier alpha value is -1.42. The molecule has 19 heavy (non-hydrogen) atoms. The van der Waals surface area contributed by atoms with E-state index in [0.717, 1.165) is 37.3 Å². The van der Waals surface area contributed by atoms with Gasteiger partial charge in [0, 0.05) is 19.6 Å². The first-order valence-electron chi connectivity index (χ1n) is 6.80. The Balaban J connectivity index is 1.82. The summed E-state index contributed by atoms with van der Waals surface area (Å²) in [7, 11) is 0. The summed E-state index contributed by atoms with van der Waals surface area (Å²) >= 11 is 0. The molecule has 0 radical (unpaired) electrons. The van der Waals surface area contributed by atoms with Gasteiger partial charge in [0.25, 0.3) is 0 Å². The molecule has 0 aromatic heterocycles. The molecule has 0 saturated carbocycles. The third kappa shape index (κ3) is 2.78. The molecule has 1 saturated heterocycles. The van der Waals surface area contributed by atoms with Crippen molar-refractivity contribution in [2.24, 2.45) is 0 Å². The standard InChI is InChI=1S/C16H19NO2/c18-16(12-17-8-10-19-11-9-17)15-7-3-5-13-4-1-2-6-14(13)15/h1-7,16,18H,8-12H2. The lowest BCUT2D eigenvalue weighted by Crippen LogP contribution is -2.38. The maximum Gasteiger partial charge on any atom is 0.0922 e. The highest BCUT2D eigenvalue weighted by Gasteiger charge is 2.17. The summed E-state index contributed by atoms with van der Waals surface area (Å²) in [6, 6.07) is 14.3. The number of nitrogens with zero attached hydrogens (tertiary/aromatic N) is 1. The second kappa shape index (κ2) is 5.70. The number of morpholine rings is 1. The third-order valence-electron chi connectivity index (χ3n) is 3.72. The minimum atomic E-state index is -0.441. The molecule has 3 heteroatoms. The number of aliphatic hydroxyl groups is 1. The molecule has 1 N–H and O–H groups in total. The van der Waals surface area contributed by atoms with Crippen LogP contribution in [0.2, 0.25) is 0 Å². The molecule has 3 rings (SSSR count). The number of hydrogen-bond acceptors (Lipinski definition) is 3. The molecular formula is C16H19NO2. The first kappa shape index (κ1) is 12.6. The van der Waals surface area contributed by atoms with Crippen LogP contribution in [0.15, 0.2) is 42.5 Å². The van der Waals surface area contributed by atoms with Crippen LogP contribution in [0.1, 0.15) is 11.7 Å². The van der Waals surface area contributed by atoms with Gasteiger partial charge in [-0.1, -0.05) is 42.5 Å². The molecule has 0 amide bonds. The first-order chi connectivity index (χ1) is 9.34. The topological polar surface area (TPSA) is 32.7 Å². The van der Waals surface area contributed by atoms with Gasteiger partial charge < -0.3 is 9.84 Å². The molecule has 1 unspecified atom stereocenters. The van der Waals surface area contributed by atoms with Crippen LogP contribution in [0.5, 0.6) is 0 Å². The number of hydrogen-bond donors (Lipinski definition) is 1. The average Bonchev–Trinajstić information content (AvgIpc) is 2.47. The first-order valence-corrected chi connectivity index (χ1v) is 6.80. The molecule has 1 atom stereocenters. The quantitative estimate of drug-likeness (QED) is 0.915. The fourth-order valence-corrected chi connectivity index (χ4v) is 2.67. The molecule has 1 heterocycles. The van der Waals surface area contributed by atoms with Crippen LogP contribution in [0, 0.1) is 0 Å². The number of fused-ring (bicyclic) bond motifs is 1. The van der Waals surface area contributed by atoms with Crippen molar-refractivity contribution in [2.45, 2.75) is 6.10 Å². The summed E-state index contributed by atoms with van der Waals surface area (Å²) in [6.07, 6.45) is -0.441. The molecule has 0 spiro atoms. The van der Waals surface area contributed by atoms with E-state index < -0.39 is 6.10 Å². The SMILES string of the molecule is OC(CN1CCOCC1)c1cccc2ccccc12. The number of aliphatic hydroxyl groups excluding tert-OH is 1. The maximum absolute atomic E-state index is 10.5. The van der Waals surface area contributed by atoms with Gasteiger partial charge in [-0.15, -0.1) is 0 Å². The highest BCUT2D eigenvalue weighted by molar-refractivity contribution is 5.85. The van der Waals surface area contributed by atoms with E-state index in [1.54, 1.807) is 0 Å². The second-order valence-corrected chi connectivity index (χ2v) is 5.00. The van der Waals surface area contributed by atoms with Crippen molar-refractivity contribution in [3.8, 4) is 0 Å². The van der Waals surface area contributed by atoms with Crippen molar-refractivity contribution in [3.05, 3.63) is 48.0 Å². The van der Waals surface area contributed by atoms with Gasteiger partial charge in [-0.2, -0.15) is 0 Å². The van der Waals surface area contributed by atoms with Crippen LogP contribution in [-0.4, -0.2) is 42.9 Å². The summed E-state index contributed by atoms with van der Waals surface area (Å²) in [4.78, 5) is 2.26. The predicted molar refractivity (Wildman–Crippen MR) is 76.2 cm³/mol. The van der Waals surface area contributed by atoms with E-state index in [-0.39, 0.29) is 0 Å². The van der Waals surface area contributed by atoms with E-state index >= 15 is 0 Å². The minimum Gasteiger partial charge on any atom is -0.387 e. The van der Waals surface area contributed by atoms with E-state index in [1.165, 1.54) is 5.39 Å². The fraction of sp³-hybridized carbons (Fsp3) is 0.375. The highest BCUT2D eigenvalue weighted by atomic mass is 16.5. The van der Waals surface area contributed by atoms with Crippen molar-refractivity contribution in [1.82, 2.24) is 4.90 Å². The van der Waals surface area contributed by atoms with Gasteiger partial charge in [0.1, 0.15) is 0 Å². The Bertz CT molecular complexity index is 544. The van der Waals surface area contributed by atoms with Crippen LogP contribution >= 0.6 is 0 Å². The van der Waals surface area contributed by atoms with Crippen LogP contribution in [0.4, 0.5) is 0 Å². The lowest BCUT2D eigenvalue weighted by atomic mass is 10.00. The van der Waals surface area contributed by atoms with Gasteiger partial charge in [0.2, 0.25) is 0 Å². The molecule has 2 aromatic rings. The summed E-state index contributed by atoms with van der Waals surface area (Å²) in [6.45, 7) is 4.02. The van der Waals surface area contributed by atoms with Crippen molar-refractivity contribution in [3.63, 3.8) is 0 Å². The van der Waals surface area contributed by atoms with Crippen LogP contribution in [0.3, 0.4) is 0 Å². The fourth-order valence-electron chi connectivity index (χ4n) is 2.67. The third-order valence-corrected chi connectivity index (χ3v) is 3.72. The number of β-amino-alcohol motifs (C(OH)–C–C–N with tert-alkyl or cyclic N) is 1. The lowest BCUT2D eigenvalue weighted by Gasteiger charge is -2.29. The largest absolute Gasteiger partial charge is 0.387 e. The minimum absolute atomic E-state index is 0.441. The van der Waals surface area contributed by atoms with Crippen molar-refractivity contribution in [2.75, 3.05) is 32.8 Å². The number of benzene rings is 2. The zero-order valence-corrected chi connectivity index (χ0v) is 11.0.